The second-order valence-corrected chi connectivity index (χ2v) is 8.20. The van der Waals surface area contributed by atoms with Crippen molar-refractivity contribution in [3.8, 4) is 0 Å². The Morgan fingerprint density at radius 2 is 1.96 bits per heavy atom. The fourth-order valence-corrected chi connectivity index (χ4v) is 3.90. The standard InChI is InChI=1S/C22H37ClO5/c1-16(9-7-8-14-23)19(24)13-12-18-17(20(25)15-21(18)26)10-5-3-4-6-11-22(27)28-2/h3,5,12-13,16-21,24-26H,4,6-11,14-15H2,1-2H3/t16?,17-,18-,19-,20+,21-/m1/s1. The average Bonchev–Trinajstić information content (AvgIpc) is 2.94. The molecule has 6 heteroatoms. The number of carbonyl (C=O) groups is 1. The molecular formula is C22H37ClO5. The summed E-state index contributed by atoms with van der Waals surface area (Å²) in [6.45, 7) is 2.01. The zero-order valence-electron chi connectivity index (χ0n) is 17.2. The Hall–Kier alpha value is -0.880. The van der Waals surface area contributed by atoms with Crippen LogP contribution in [-0.2, 0) is 9.53 Å². The number of rotatable bonds is 13. The highest BCUT2D eigenvalue weighted by Crippen LogP contribution is 2.36. The number of halogens is 1. The molecule has 5 nitrogen and oxygen atoms in total. The van der Waals surface area contributed by atoms with Crippen LogP contribution in [0.4, 0.5) is 0 Å². The summed E-state index contributed by atoms with van der Waals surface area (Å²) >= 11 is 5.69. The molecule has 1 aliphatic rings. The quantitative estimate of drug-likeness (QED) is 0.185. The summed E-state index contributed by atoms with van der Waals surface area (Å²) in [5, 5.41) is 30.9. The highest BCUT2D eigenvalue weighted by Gasteiger charge is 2.39. The van der Waals surface area contributed by atoms with Gasteiger partial charge in [0.1, 0.15) is 0 Å². The summed E-state index contributed by atoms with van der Waals surface area (Å²) in [4.78, 5) is 11.1. The zero-order valence-corrected chi connectivity index (χ0v) is 17.9. The van der Waals surface area contributed by atoms with Gasteiger partial charge in [0.25, 0.3) is 0 Å². The Morgan fingerprint density at radius 3 is 2.64 bits per heavy atom. The fourth-order valence-electron chi connectivity index (χ4n) is 3.71. The molecule has 0 heterocycles. The lowest BCUT2D eigenvalue weighted by molar-refractivity contribution is -0.140. The van der Waals surface area contributed by atoms with Crippen molar-refractivity contribution in [2.75, 3.05) is 13.0 Å². The third-order valence-electron chi connectivity index (χ3n) is 5.63. The van der Waals surface area contributed by atoms with Crippen molar-refractivity contribution in [3.63, 3.8) is 0 Å². The number of hydrogen-bond acceptors (Lipinski definition) is 5. The number of hydrogen-bond donors (Lipinski definition) is 3. The molecule has 0 radical (unpaired) electrons. The van der Waals surface area contributed by atoms with Gasteiger partial charge in [0.2, 0.25) is 0 Å². The van der Waals surface area contributed by atoms with Crippen molar-refractivity contribution < 1.29 is 24.9 Å². The fraction of sp³-hybridized carbons (Fsp3) is 0.773. The molecule has 3 N–H and O–H groups in total. The highest BCUT2D eigenvalue weighted by molar-refractivity contribution is 6.17. The third kappa shape index (κ3) is 9.08. The van der Waals surface area contributed by atoms with E-state index in [4.69, 9.17) is 11.6 Å². The van der Waals surface area contributed by atoms with E-state index in [-0.39, 0.29) is 23.7 Å². The largest absolute Gasteiger partial charge is 0.469 e. The summed E-state index contributed by atoms with van der Waals surface area (Å²) in [6, 6.07) is 0. The van der Waals surface area contributed by atoms with Crippen molar-refractivity contribution in [1.82, 2.24) is 0 Å². The van der Waals surface area contributed by atoms with Gasteiger partial charge in [0.05, 0.1) is 25.4 Å². The molecule has 0 amide bonds. The maximum Gasteiger partial charge on any atom is 0.305 e. The first-order chi connectivity index (χ1) is 13.4. The minimum atomic E-state index is -0.595. The molecule has 28 heavy (non-hydrogen) atoms. The number of aliphatic hydroxyl groups is 3. The van der Waals surface area contributed by atoms with Gasteiger partial charge in [-0.2, -0.15) is 0 Å². The lowest BCUT2D eigenvalue weighted by atomic mass is 9.88. The van der Waals surface area contributed by atoms with E-state index in [2.05, 4.69) is 4.74 Å². The Balaban J connectivity index is 2.50. The minimum Gasteiger partial charge on any atom is -0.469 e. The molecule has 0 bridgehead atoms. The zero-order chi connectivity index (χ0) is 20.9. The Labute approximate surface area is 174 Å². The van der Waals surface area contributed by atoms with Gasteiger partial charge in [-0.3, -0.25) is 4.79 Å². The van der Waals surface area contributed by atoms with Gasteiger partial charge in [-0.1, -0.05) is 37.6 Å². The van der Waals surface area contributed by atoms with Gasteiger partial charge >= 0.3 is 5.97 Å². The second kappa shape index (κ2) is 14.2. The van der Waals surface area contributed by atoms with Crippen LogP contribution in [0.5, 0.6) is 0 Å². The molecule has 162 valence electrons. The van der Waals surface area contributed by atoms with E-state index in [0.29, 0.717) is 25.1 Å². The van der Waals surface area contributed by atoms with Gasteiger partial charge < -0.3 is 20.1 Å². The van der Waals surface area contributed by atoms with E-state index in [9.17, 15) is 20.1 Å². The summed E-state index contributed by atoms with van der Waals surface area (Å²) in [7, 11) is 1.39. The number of carbonyl (C=O) groups excluding carboxylic acids is 1. The van der Waals surface area contributed by atoms with Gasteiger partial charge in [-0.25, -0.2) is 0 Å². The summed E-state index contributed by atoms with van der Waals surface area (Å²) in [5.74, 6) is 0.337. The van der Waals surface area contributed by atoms with Gasteiger partial charge in [-0.15, -0.1) is 11.6 Å². The van der Waals surface area contributed by atoms with E-state index >= 15 is 0 Å². The van der Waals surface area contributed by atoms with Crippen molar-refractivity contribution in [2.45, 2.75) is 76.6 Å². The summed E-state index contributed by atoms with van der Waals surface area (Å²) in [6.07, 6.45) is 11.7. The van der Waals surface area contributed by atoms with Gasteiger partial charge in [0.15, 0.2) is 0 Å². The minimum absolute atomic E-state index is 0.0677. The first-order valence-corrected chi connectivity index (χ1v) is 10.9. The molecule has 6 atom stereocenters. The van der Waals surface area contributed by atoms with Crippen molar-refractivity contribution in [2.24, 2.45) is 17.8 Å². The van der Waals surface area contributed by atoms with E-state index in [1.807, 2.05) is 25.2 Å². The lowest BCUT2D eigenvalue weighted by Gasteiger charge is -2.21. The van der Waals surface area contributed by atoms with E-state index in [1.165, 1.54) is 7.11 Å². The van der Waals surface area contributed by atoms with Crippen molar-refractivity contribution >= 4 is 17.6 Å². The second-order valence-electron chi connectivity index (χ2n) is 7.82. The number of unbranched alkanes of at least 4 members (excludes halogenated alkanes) is 2. The van der Waals surface area contributed by atoms with Gasteiger partial charge in [-0.05, 0) is 43.9 Å². The van der Waals surface area contributed by atoms with Crippen molar-refractivity contribution in [3.05, 3.63) is 24.3 Å². The molecule has 1 saturated carbocycles. The molecule has 1 unspecified atom stereocenters. The molecule has 0 aliphatic heterocycles. The molecule has 1 rings (SSSR count). The average molecular weight is 417 g/mol. The van der Waals surface area contributed by atoms with Crippen molar-refractivity contribution in [1.29, 1.82) is 0 Å². The molecule has 0 saturated heterocycles. The summed E-state index contributed by atoms with van der Waals surface area (Å²) < 4.78 is 4.61. The molecule has 0 aromatic carbocycles. The number of alkyl halides is 1. The first kappa shape index (κ1) is 25.2. The number of ether oxygens (including phenoxy) is 1. The lowest BCUT2D eigenvalue weighted by Crippen LogP contribution is -2.21. The Kier molecular flexibility index (Phi) is 12.7. The third-order valence-corrected chi connectivity index (χ3v) is 5.89. The van der Waals surface area contributed by atoms with Crippen LogP contribution in [0.3, 0.4) is 0 Å². The molecule has 1 aliphatic carbocycles. The molecule has 0 spiro atoms. The number of allylic oxidation sites excluding steroid dienone is 2. The molecule has 0 aromatic rings. The number of aliphatic hydroxyl groups excluding tert-OH is 3. The number of methoxy groups -OCH3 is 1. The maximum atomic E-state index is 11.1. The number of esters is 1. The van der Waals surface area contributed by atoms with Crippen LogP contribution in [0.1, 0.15) is 58.3 Å². The molecule has 1 fully saturated rings. The van der Waals surface area contributed by atoms with Crippen LogP contribution in [0.2, 0.25) is 0 Å². The molecular weight excluding hydrogens is 380 g/mol. The Bertz CT molecular complexity index is 493. The van der Waals surface area contributed by atoms with E-state index in [0.717, 1.165) is 32.1 Å². The summed E-state index contributed by atoms with van der Waals surface area (Å²) in [5.41, 5.74) is 0. The predicted octanol–water partition coefficient (Wildman–Crippen LogP) is 3.60. The monoisotopic (exact) mass is 416 g/mol. The molecule has 0 aromatic heterocycles. The van der Waals surface area contributed by atoms with E-state index in [1.54, 1.807) is 6.08 Å². The SMILES string of the molecule is COC(=O)CCCC=CC[C@@H]1[C@@H](C=C[C@@H](O)C(C)CCCCCl)[C@H](O)C[C@@H]1O. The van der Waals surface area contributed by atoms with Crippen LogP contribution in [0.25, 0.3) is 0 Å². The van der Waals surface area contributed by atoms with Crippen LogP contribution < -0.4 is 0 Å². The van der Waals surface area contributed by atoms with Gasteiger partial charge in [0, 0.05) is 24.6 Å². The Morgan fingerprint density at radius 1 is 1.21 bits per heavy atom. The normalized spacial score (nSPS) is 27.5. The van der Waals surface area contributed by atoms with Crippen LogP contribution in [-0.4, -0.2) is 52.6 Å². The topological polar surface area (TPSA) is 87.0 Å². The van der Waals surface area contributed by atoms with Crippen LogP contribution >= 0.6 is 11.6 Å². The predicted molar refractivity (Wildman–Crippen MR) is 112 cm³/mol. The smallest absolute Gasteiger partial charge is 0.305 e. The maximum absolute atomic E-state index is 11.1. The van der Waals surface area contributed by atoms with Crippen LogP contribution in [0, 0.1) is 17.8 Å². The van der Waals surface area contributed by atoms with Crippen LogP contribution in [0.15, 0.2) is 24.3 Å². The van der Waals surface area contributed by atoms with E-state index < -0.39 is 18.3 Å². The first-order valence-electron chi connectivity index (χ1n) is 10.4. The highest BCUT2D eigenvalue weighted by atomic mass is 35.5.